The van der Waals surface area contributed by atoms with Crippen molar-refractivity contribution in [3.63, 3.8) is 0 Å². The molecule has 7 aromatic carbocycles. The molecule has 12 rings (SSSR count). The van der Waals surface area contributed by atoms with Crippen LogP contribution >= 0.6 is 23.5 Å². The van der Waals surface area contributed by atoms with E-state index in [-0.39, 0.29) is 6.71 Å². The van der Waals surface area contributed by atoms with E-state index in [1.54, 1.807) is 0 Å². The summed E-state index contributed by atoms with van der Waals surface area (Å²) in [4.78, 5) is 12.7. The third-order valence-corrected chi connectivity index (χ3v) is 13.6. The highest BCUT2D eigenvalue weighted by molar-refractivity contribution is 8.00. The number of nitrogens with zero attached hydrogens (tertiary/aromatic N) is 3. The van der Waals surface area contributed by atoms with Crippen molar-refractivity contribution in [1.82, 2.24) is 0 Å². The Morgan fingerprint density at radius 1 is 0.471 bits per heavy atom. The smallest absolute Gasteiger partial charge is 0.252 e. The first kappa shape index (κ1) is 28.4. The van der Waals surface area contributed by atoms with E-state index in [4.69, 9.17) is 5.73 Å². The number of hydrogen-bond donors (Lipinski definition) is 1. The normalized spacial score (nSPS) is 15.9. The molecule has 0 saturated carbocycles. The zero-order valence-corrected chi connectivity index (χ0v) is 29.3. The SMILES string of the molecule is CC1(N)c2ccccc2N(c2cc3c4c(c2)N2c5ccccc5Sc5cccc(c52)B4c2cccc4c2N3c2ccccc2S4)c2ccccc21. The third kappa shape index (κ3) is 3.58. The summed E-state index contributed by atoms with van der Waals surface area (Å²) in [7, 11) is 0. The average molecular weight is 689 g/mol. The van der Waals surface area contributed by atoms with Gasteiger partial charge in [-0.25, -0.2) is 0 Å². The molecule has 0 spiro atoms. The van der Waals surface area contributed by atoms with E-state index in [9.17, 15) is 0 Å². The molecule has 0 saturated heterocycles. The van der Waals surface area contributed by atoms with Crippen molar-refractivity contribution in [3.05, 3.63) is 157 Å². The van der Waals surface area contributed by atoms with Crippen molar-refractivity contribution >= 4 is 97.8 Å². The van der Waals surface area contributed by atoms with Gasteiger partial charge in [0.15, 0.2) is 0 Å². The first-order chi connectivity index (χ1) is 25.1. The van der Waals surface area contributed by atoms with Crippen molar-refractivity contribution in [2.24, 2.45) is 5.73 Å². The molecule has 51 heavy (non-hydrogen) atoms. The van der Waals surface area contributed by atoms with Crippen LogP contribution in [0.5, 0.6) is 0 Å². The minimum Gasteiger partial charge on any atom is -0.318 e. The van der Waals surface area contributed by atoms with Crippen LogP contribution in [0.15, 0.2) is 165 Å². The fourth-order valence-corrected chi connectivity index (χ4v) is 11.5. The lowest BCUT2D eigenvalue weighted by Gasteiger charge is -2.48. The summed E-state index contributed by atoms with van der Waals surface area (Å²) in [6.07, 6.45) is 0. The van der Waals surface area contributed by atoms with Crippen molar-refractivity contribution in [2.45, 2.75) is 32.0 Å². The first-order valence-electron chi connectivity index (χ1n) is 17.4. The van der Waals surface area contributed by atoms with Crippen molar-refractivity contribution in [1.29, 1.82) is 0 Å². The van der Waals surface area contributed by atoms with E-state index in [1.165, 1.54) is 70.1 Å². The average Bonchev–Trinajstić information content (AvgIpc) is 3.17. The second-order valence-electron chi connectivity index (χ2n) is 14.1. The topological polar surface area (TPSA) is 35.7 Å². The summed E-state index contributed by atoms with van der Waals surface area (Å²) < 4.78 is 0. The molecule has 0 fully saturated rings. The van der Waals surface area contributed by atoms with Gasteiger partial charge in [-0.1, -0.05) is 108 Å². The summed E-state index contributed by atoms with van der Waals surface area (Å²) in [6.45, 7) is 2.23. The predicted molar refractivity (Wildman–Crippen MR) is 214 cm³/mol. The second kappa shape index (κ2) is 9.92. The number of para-hydroxylation sites is 6. The molecule has 0 bridgehead atoms. The van der Waals surface area contributed by atoms with Crippen LogP contribution in [0.25, 0.3) is 0 Å². The lowest BCUT2D eigenvalue weighted by Crippen LogP contribution is -2.62. The zero-order valence-electron chi connectivity index (χ0n) is 27.7. The highest BCUT2D eigenvalue weighted by Gasteiger charge is 2.48. The minimum atomic E-state index is -0.634. The molecule has 7 heteroatoms. The predicted octanol–water partition coefficient (Wildman–Crippen LogP) is 9.70. The van der Waals surface area contributed by atoms with Crippen LogP contribution in [0.4, 0.5) is 51.2 Å². The largest absolute Gasteiger partial charge is 0.318 e. The van der Waals surface area contributed by atoms with Gasteiger partial charge in [0.25, 0.3) is 6.71 Å². The van der Waals surface area contributed by atoms with Gasteiger partial charge in [-0.3, -0.25) is 0 Å². The van der Waals surface area contributed by atoms with Crippen LogP contribution in [0.1, 0.15) is 18.1 Å². The van der Waals surface area contributed by atoms with E-state index in [0.29, 0.717) is 0 Å². The van der Waals surface area contributed by atoms with Crippen molar-refractivity contribution in [2.75, 3.05) is 14.7 Å². The number of fused-ring (bicyclic) bond motifs is 10. The van der Waals surface area contributed by atoms with Crippen LogP contribution in [-0.2, 0) is 5.54 Å². The first-order valence-corrected chi connectivity index (χ1v) is 19.1. The Labute approximate surface area is 305 Å². The monoisotopic (exact) mass is 688 g/mol. The maximum absolute atomic E-state index is 7.24. The van der Waals surface area contributed by atoms with Gasteiger partial charge >= 0.3 is 0 Å². The Balaban J connectivity index is 1.23. The van der Waals surface area contributed by atoms with Crippen LogP contribution in [0.2, 0.25) is 0 Å². The van der Waals surface area contributed by atoms with Gasteiger partial charge in [0.1, 0.15) is 0 Å². The Morgan fingerprint density at radius 2 is 0.902 bits per heavy atom. The maximum Gasteiger partial charge on any atom is 0.252 e. The van der Waals surface area contributed by atoms with E-state index in [2.05, 4.69) is 167 Å². The highest BCUT2D eigenvalue weighted by Crippen LogP contribution is 2.58. The molecule has 0 aromatic heterocycles. The summed E-state index contributed by atoms with van der Waals surface area (Å²) >= 11 is 3.77. The van der Waals surface area contributed by atoms with E-state index < -0.39 is 5.54 Å². The number of nitrogens with two attached hydrogens (primary N) is 1. The molecule has 0 unspecified atom stereocenters. The number of hydrogen-bond acceptors (Lipinski definition) is 6. The van der Waals surface area contributed by atoms with Gasteiger partial charge in [-0.05, 0) is 84.0 Å². The standard InChI is InChI=1S/C44H29BN4S2/c1-44(46)27-12-2-4-16-31(27)47(32-17-5-3-13-28(32)44)26-24-35-41-36(25-26)49-34-19-7-9-21-38(34)51-40-23-11-15-30(43(40)49)45(41)29-14-10-22-39-42(29)48(35)33-18-6-8-20-37(33)50-39/h2-25H,46H2,1H3. The minimum absolute atomic E-state index is 0.0893. The molecule has 0 radical (unpaired) electrons. The van der Waals surface area contributed by atoms with Gasteiger partial charge in [-0.2, -0.15) is 0 Å². The molecule has 5 aliphatic heterocycles. The molecule has 0 aliphatic carbocycles. The van der Waals surface area contributed by atoms with E-state index in [0.717, 1.165) is 28.2 Å². The summed E-state index contributed by atoms with van der Waals surface area (Å²) in [5, 5.41) is 0. The lowest BCUT2D eigenvalue weighted by atomic mass is 9.33. The fraction of sp³-hybridized carbons (Fsp3) is 0.0455. The summed E-state index contributed by atoms with van der Waals surface area (Å²) in [5.41, 5.74) is 23.7. The fourth-order valence-electron chi connectivity index (χ4n) is 9.27. The Bertz CT molecular complexity index is 2510. The van der Waals surface area contributed by atoms with Crippen molar-refractivity contribution in [3.8, 4) is 0 Å². The van der Waals surface area contributed by atoms with Gasteiger partial charge in [0.2, 0.25) is 0 Å². The molecule has 5 heterocycles. The molecule has 4 nitrogen and oxygen atoms in total. The Kier molecular flexibility index (Phi) is 5.52. The van der Waals surface area contributed by atoms with Crippen LogP contribution in [0, 0.1) is 0 Å². The summed E-state index contributed by atoms with van der Waals surface area (Å²) in [5.74, 6) is 0. The molecule has 0 amide bonds. The van der Waals surface area contributed by atoms with E-state index in [1.807, 2.05) is 23.5 Å². The van der Waals surface area contributed by atoms with Crippen LogP contribution in [-0.4, -0.2) is 6.71 Å². The number of benzene rings is 7. The van der Waals surface area contributed by atoms with Crippen LogP contribution < -0.4 is 36.8 Å². The lowest BCUT2D eigenvalue weighted by molar-refractivity contribution is 0.595. The Hall–Kier alpha value is -5.34. The van der Waals surface area contributed by atoms with Gasteiger partial charge in [0.05, 0.1) is 45.4 Å². The third-order valence-electron chi connectivity index (χ3n) is 11.3. The molecule has 7 aromatic rings. The quantitative estimate of drug-likeness (QED) is 0.173. The molecule has 2 N–H and O–H groups in total. The molecule has 240 valence electrons. The molecule has 0 atom stereocenters. The Morgan fingerprint density at radius 3 is 1.41 bits per heavy atom. The van der Waals surface area contributed by atoms with E-state index >= 15 is 0 Å². The number of rotatable bonds is 1. The van der Waals surface area contributed by atoms with Gasteiger partial charge in [-0.15, -0.1) is 0 Å². The van der Waals surface area contributed by atoms with Gasteiger partial charge < -0.3 is 20.4 Å². The maximum atomic E-state index is 7.24. The van der Waals surface area contributed by atoms with Crippen LogP contribution in [0.3, 0.4) is 0 Å². The zero-order chi connectivity index (χ0) is 33.6. The molecular formula is C44H29BN4S2. The van der Waals surface area contributed by atoms with Gasteiger partial charge in [0, 0.05) is 42.1 Å². The second-order valence-corrected chi connectivity index (χ2v) is 16.3. The summed E-state index contributed by atoms with van der Waals surface area (Å²) in [6, 6.07) is 53.8. The number of anilines is 9. The highest BCUT2D eigenvalue weighted by atomic mass is 32.2. The molecular weight excluding hydrogens is 659 g/mol. The molecule has 5 aliphatic rings. The van der Waals surface area contributed by atoms with Crippen molar-refractivity contribution < 1.29 is 0 Å².